The molecule has 1 N–H and O–H groups in total. The van der Waals surface area contributed by atoms with E-state index in [1.807, 2.05) is 0 Å². The maximum Gasteiger partial charge on any atom is 0.417 e. The molecule has 4 aromatic rings. The van der Waals surface area contributed by atoms with E-state index in [0.717, 1.165) is 17.7 Å². The fourth-order valence-corrected chi connectivity index (χ4v) is 4.47. The summed E-state index contributed by atoms with van der Waals surface area (Å²) in [6, 6.07) is 14.0. The van der Waals surface area contributed by atoms with Gasteiger partial charge in [0.05, 0.1) is 16.7 Å². The Kier molecular flexibility index (Phi) is 6.90. The molecule has 0 bridgehead atoms. The summed E-state index contributed by atoms with van der Waals surface area (Å²) in [5.74, 6) is 0.323. The highest BCUT2D eigenvalue weighted by Gasteiger charge is 2.37. The lowest BCUT2D eigenvalue weighted by atomic mass is 10.1. The van der Waals surface area contributed by atoms with Crippen molar-refractivity contribution in [3.63, 3.8) is 0 Å². The zero-order chi connectivity index (χ0) is 25.1. The van der Waals surface area contributed by atoms with Gasteiger partial charge in [0.25, 0.3) is 10.0 Å². The van der Waals surface area contributed by atoms with Crippen molar-refractivity contribution in [2.24, 2.45) is 0 Å². The van der Waals surface area contributed by atoms with Gasteiger partial charge in [-0.2, -0.15) is 13.2 Å². The Labute approximate surface area is 203 Å². The van der Waals surface area contributed by atoms with Crippen molar-refractivity contribution < 1.29 is 26.3 Å². The van der Waals surface area contributed by atoms with Gasteiger partial charge in [0.2, 0.25) is 0 Å². The number of rotatable bonds is 7. The average molecular weight is 521 g/mol. The smallest absolute Gasteiger partial charge is 0.417 e. The van der Waals surface area contributed by atoms with E-state index in [1.54, 1.807) is 36.4 Å². The summed E-state index contributed by atoms with van der Waals surface area (Å²) < 4.78 is 73.5. The van der Waals surface area contributed by atoms with E-state index in [2.05, 4.69) is 19.7 Å². The topological polar surface area (TPSA) is 94.1 Å². The lowest BCUT2D eigenvalue weighted by molar-refractivity contribution is -0.139. The molecular formula is C23H16ClF3N4O3S. The third kappa shape index (κ3) is 5.87. The molecule has 0 radical (unpaired) electrons. The number of alkyl halides is 3. The summed E-state index contributed by atoms with van der Waals surface area (Å²) >= 11 is 5.75. The summed E-state index contributed by atoms with van der Waals surface area (Å²) in [6.45, 7) is 0.234. The highest BCUT2D eigenvalue weighted by atomic mass is 35.5. The summed E-state index contributed by atoms with van der Waals surface area (Å²) in [4.78, 5) is 11.2. The first-order valence-electron chi connectivity index (χ1n) is 9.97. The van der Waals surface area contributed by atoms with Crippen LogP contribution in [0.1, 0.15) is 11.1 Å². The second kappa shape index (κ2) is 9.88. The zero-order valence-electron chi connectivity index (χ0n) is 17.7. The molecule has 0 saturated heterocycles. The molecule has 7 nitrogen and oxygen atoms in total. The van der Waals surface area contributed by atoms with Crippen LogP contribution in [0, 0.1) is 0 Å². The van der Waals surface area contributed by atoms with Crippen molar-refractivity contribution in [1.82, 2.24) is 15.0 Å². The molecule has 0 spiro atoms. The Hall–Kier alpha value is -3.70. The third-order valence-corrected chi connectivity index (χ3v) is 6.37. The first-order valence-corrected chi connectivity index (χ1v) is 11.8. The number of hydrogen-bond donors (Lipinski definition) is 1. The highest BCUT2D eigenvalue weighted by molar-refractivity contribution is 7.92. The molecule has 0 aliphatic heterocycles. The van der Waals surface area contributed by atoms with E-state index in [4.69, 9.17) is 16.3 Å². The van der Waals surface area contributed by atoms with Crippen LogP contribution in [0.25, 0.3) is 11.3 Å². The number of anilines is 1. The number of hydrogen-bond acceptors (Lipinski definition) is 6. The Balaban J connectivity index is 1.56. The molecule has 0 amide bonds. The van der Waals surface area contributed by atoms with E-state index >= 15 is 0 Å². The van der Waals surface area contributed by atoms with Crippen LogP contribution in [-0.2, 0) is 22.8 Å². The molecular weight excluding hydrogens is 505 g/mol. The SMILES string of the molecule is O=S(=O)(Nc1nccnc1-c1ccc(COc2ccc(Cl)nc2)cc1)c1ccccc1C(F)(F)F. The first-order chi connectivity index (χ1) is 16.6. The normalized spacial score (nSPS) is 11.8. The number of halogens is 4. The van der Waals surface area contributed by atoms with Gasteiger partial charge in [-0.3, -0.25) is 9.71 Å². The number of nitrogens with one attached hydrogen (secondary N) is 1. The van der Waals surface area contributed by atoms with E-state index in [0.29, 0.717) is 22.5 Å². The summed E-state index contributed by atoms with van der Waals surface area (Å²) in [6.07, 6.45) is -0.775. The molecule has 4 rings (SSSR count). The van der Waals surface area contributed by atoms with Crippen molar-refractivity contribution in [2.75, 3.05) is 4.72 Å². The van der Waals surface area contributed by atoms with Crippen LogP contribution in [0.5, 0.6) is 5.75 Å². The van der Waals surface area contributed by atoms with Gasteiger partial charge in [0.1, 0.15) is 23.2 Å². The summed E-state index contributed by atoms with van der Waals surface area (Å²) in [5.41, 5.74) is 0.166. The second-order valence-electron chi connectivity index (χ2n) is 7.16. The van der Waals surface area contributed by atoms with Crippen LogP contribution >= 0.6 is 11.6 Å². The number of aromatic nitrogens is 3. The average Bonchev–Trinajstić information content (AvgIpc) is 2.84. The second-order valence-corrected chi connectivity index (χ2v) is 9.19. The van der Waals surface area contributed by atoms with Gasteiger partial charge >= 0.3 is 6.18 Å². The molecule has 2 heterocycles. The maximum atomic E-state index is 13.3. The monoisotopic (exact) mass is 520 g/mol. The van der Waals surface area contributed by atoms with Crippen molar-refractivity contribution in [1.29, 1.82) is 0 Å². The molecule has 180 valence electrons. The van der Waals surface area contributed by atoms with Crippen LogP contribution in [0.15, 0.2) is 84.1 Å². The lowest BCUT2D eigenvalue weighted by Gasteiger charge is -2.15. The fourth-order valence-electron chi connectivity index (χ4n) is 3.11. The molecule has 35 heavy (non-hydrogen) atoms. The number of benzene rings is 2. The van der Waals surface area contributed by atoms with Crippen LogP contribution < -0.4 is 9.46 Å². The number of sulfonamides is 1. The molecule has 0 aliphatic rings. The summed E-state index contributed by atoms with van der Waals surface area (Å²) in [5, 5.41) is 0.346. The van der Waals surface area contributed by atoms with Gasteiger partial charge in [0, 0.05) is 18.0 Å². The Morgan fingerprint density at radius 2 is 1.63 bits per heavy atom. The quantitative estimate of drug-likeness (QED) is 0.319. The van der Waals surface area contributed by atoms with E-state index < -0.39 is 26.7 Å². The molecule has 0 atom stereocenters. The molecule has 0 saturated carbocycles. The van der Waals surface area contributed by atoms with Gasteiger partial charge in [-0.25, -0.2) is 18.4 Å². The predicted molar refractivity (Wildman–Crippen MR) is 123 cm³/mol. The van der Waals surface area contributed by atoms with Crippen molar-refractivity contribution >= 4 is 27.4 Å². The van der Waals surface area contributed by atoms with Crippen LogP contribution in [0.2, 0.25) is 5.15 Å². The fraction of sp³-hybridized carbons (Fsp3) is 0.0870. The molecule has 2 aromatic heterocycles. The third-order valence-electron chi connectivity index (χ3n) is 4.74. The molecule has 0 unspecified atom stereocenters. The van der Waals surface area contributed by atoms with Crippen molar-refractivity contribution in [2.45, 2.75) is 17.7 Å². The minimum Gasteiger partial charge on any atom is -0.487 e. The minimum atomic E-state index is -4.85. The lowest BCUT2D eigenvalue weighted by Crippen LogP contribution is -2.20. The number of ether oxygens (including phenoxy) is 1. The maximum absolute atomic E-state index is 13.3. The summed E-state index contributed by atoms with van der Waals surface area (Å²) in [7, 11) is -4.62. The Bertz CT molecular complexity index is 1430. The van der Waals surface area contributed by atoms with Gasteiger partial charge < -0.3 is 4.74 Å². The molecule has 2 aromatic carbocycles. The van der Waals surface area contributed by atoms with E-state index in [-0.39, 0.29) is 18.1 Å². The van der Waals surface area contributed by atoms with E-state index in [9.17, 15) is 21.6 Å². The van der Waals surface area contributed by atoms with Gasteiger partial charge in [0.15, 0.2) is 5.82 Å². The number of nitrogens with zero attached hydrogens (tertiary/aromatic N) is 3. The van der Waals surface area contributed by atoms with Crippen molar-refractivity contribution in [3.05, 3.63) is 95.5 Å². The van der Waals surface area contributed by atoms with Crippen molar-refractivity contribution in [3.8, 4) is 17.0 Å². The largest absolute Gasteiger partial charge is 0.487 e. The van der Waals surface area contributed by atoms with Gasteiger partial charge in [-0.15, -0.1) is 0 Å². The van der Waals surface area contributed by atoms with Gasteiger partial charge in [-0.1, -0.05) is 48.0 Å². The van der Waals surface area contributed by atoms with Crippen LogP contribution in [0.3, 0.4) is 0 Å². The molecule has 0 aliphatic carbocycles. The molecule has 0 fully saturated rings. The Morgan fingerprint density at radius 1 is 0.914 bits per heavy atom. The highest BCUT2D eigenvalue weighted by Crippen LogP contribution is 2.35. The Morgan fingerprint density at radius 3 is 2.31 bits per heavy atom. The minimum absolute atomic E-state index is 0.148. The first kappa shape index (κ1) is 24.4. The number of pyridine rings is 1. The standard InChI is InChI=1S/C23H16ClF3N4O3S/c24-20-10-9-17(13-30-20)34-14-15-5-7-16(8-6-15)21-22(29-12-11-28-21)31-35(32,33)19-4-2-1-3-18(19)23(25,26)27/h1-13H,14H2,(H,29,31). The van der Waals surface area contributed by atoms with E-state index in [1.165, 1.54) is 24.7 Å². The van der Waals surface area contributed by atoms with Crippen LogP contribution in [0.4, 0.5) is 19.0 Å². The molecule has 12 heteroatoms. The van der Waals surface area contributed by atoms with Gasteiger partial charge in [-0.05, 0) is 29.8 Å². The zero-order valence-corrected chi connectivity index (χ0v) is 19.3. The predicted octanol–water partition coefficient (Wildman–Crippen LogP) is 5.59. The van der Waals surface area contributed by atoms with Crippen LogP contribution in [-0.4, -0.2) is 23.4 Å².